The smallest absolute Gasteiger partial charge is 0.0741 e. The van der Waals surface area contributed by atoms with Gasteiger partial charge >= 0.3 is 0 Å². The normalized spacial score (nSPS) is 11.0. The molecule has 0 aliphatic carbocycles. The van der Waals surface area contributed by atoms with Crippen LogP contribution in [0.25, 0.3) is 0 Å². The topological polar surface area (TPSA) is 36.2 Å². The first-order valence-electron chi connectivity index (χ1n) is 2.37. The van der Waals surface area contributed by atoms with Gasteiger partial charge in [-0.15, -0.1) is 0 Å². The molecule has 0 spiro atoms. The van der Waals surface area contributed by atoms with Gasteiger partial charge in [-0.05, 0) is 13.0 Å². The zero-order chi connectivity index (χ0) is 6.57. The minimum atomic E-state index is 0.396. The Morgan fingerprint density at radius 2 is 2.25 bits per heavy atom. The molecule has 44 valence electrons. The molecule has 0 heterocycles. The van der Waals surface area contributed by atoms with Crippen LogP contribution >= 0.6 is 0 Å². The highest BCUT2D eigenvalue weighted by Gasteiger charge is 1.89. The molecule has 0 aliphatic heterocycles. The lowest BCUT2D eigenvalue weighted by Gasteiger charge is -1.90. The van der Waals surface area contributed by atoms with Gasteiger partial charge < -0.3 is 0 Å². The third kappa shape index (κ3) is 1.69. The first-order chi connectivity index (χ1) is 3.72. The fourth-order valence-corrected chi connectivity index (χ4v) is 0.268. The fourth-order valence-electron chi connectivity index (χ4n) is 0.268. The van der Waals surface area contributed by atoms with Gasteiger partial charge in [0.15, 0.2) is 0 Å². The molecule has 0 saturated heterocycles. The van der Waals surface area contributed by atoms with Crippen LogP contribution in [0.2, 0.25) is 0 Å². The lowest BCUT2D eigenvalue weighted by Crippen LogP contribution is -2.03. The first-order valence-corrected chi connectivity index (χ1v) is 2.37. The maximum absolute atomic E-state index is 7.09. The molecule has 0 aliphatic rings. The van der Waals surface area contributed by atoms with Gasteiger partial charge in [-0.25, -0.2) is 0 Å². The van der Waals surface area contributed by atoms with Crippen LogP contribution in [0.4, 0.5) is 0 Å². The summed E-state index contributed by atoms with van der Waals surface area (Å²) in [6, 6.07) is 0. The Labute approximate surface area is 49.5 Å². The number of nitrogens with zero attached hydrogens (tertiary/aromatic N) is 1. The van der Waals surface area contributed by atoms with Gasteiger partial charge in [0.25, 0.3) is 0 Å². The average Bonchev–Trinajstić information content (AvgIpc) is 1.84. The fraction of sp³-hybridized carbons (Fsp3) is 0.333. The predicted octanol–water partition coefficient (Wildman–Crippen LogP) is 1.28. The SMILES string of the molecule is C=CC(=N)C(C)=NC. The van der Waals surface area contributed by atoms with E-state index in [1.54, 1.807) is 14.0 Å². The van der Waals surface area contributed by atoms with Gasteiger partial charge in [0.2, 0.25) is 0 Å². The molecule has 0 fully saturated rings. The number of rotatable bonds is 2. The van der Waals surface area contributed by atoms with Crippen molar-refractivity contribution in [1.29, 1.82) is 5.41 Å². The Balaban J connectivity index is 4.03. The van der Waals surface area contributed by atoms with Crippen molar-refractivity contribution in [3.63, 3.8) is 0 Å². The highest BCUT2D eigenvalue weighted by molar-refractivity contribution is 6.44. The number of allylic oxidation sites excluding steroid dienone is 1. The minimum Gasteiger partial charge on any atom is -0.299 e. The summed E-state index contributed by atoms with van der Waals surface area (Å²) < 4.78 is 0. The summed E-state index contributed by atoms with van der Waals surface area (Å²) in [5.74, 6) is 0. The molecule has 8 heavy (non-hydrogen) atoms. The molecule has 0 rings (SSSR count). The maximum atomic E-state index is 7.09. The summed E-state index contributed by atoms with van der Waals surface area (Å²) in [5.41, 5.74) is 1.12. The van der Waals surface area contributed by atoms with Gasteiger partial charge in [0, 0.05) is 7.05 Å². The molecule has 1 N–H and O–H groups in total. The van der Waals surface area contributed by atoms with Crippen molar-refractivity contribution in [1.82, 2.24) is 0 Å². The van der Waals surface area contributed by atoms with Crippen LogP contribution in [-0.4, -0.2) is 18.5 Å². The molecule has 0 aromatic heterocycles. The average molecular weight is 110 g/mol. The van der Waals surface area contributed by atoms with Gasteiger partial charge in [-0.3, -0.25) is 10.4 Å². The quantitative estimate of drug-likeness (QED) is 0.520. The maximum Gasteiger partial charge on any atom is 0.0741 e. The van der Waals surface area contributed by atoms with Crippen molar-refractivity contribution < 1.29 is 0 Å². The van der Waals surface area contributed by atoms with E-state index < -0.39 is 0 Å². The largest absolute Gasteiger partial charge is 0.299 e. The van der Waals surface area contributed by atoms with E-state index >= 15 is 0 Å². The summed E-state index contributed by atoms with van der Waals surface area (Å²) >= 11 is 0. The lowest BCUT2D eigenvalue weighted by molar-refractivity contribution is 1.43. The molecule has 2 heteroatoms. The van der Waals surface area contributed by atoms with E-state index in [4.69, 9.17) is 5.41 Å². The number of hydrogen-bond donors (Lipinski definition) is 1. The summed E-state index contributed by atoms with van der Waals surface area (Å²) in [5, 5.41) is 7.09. The van der Waals surface area contributed by atoms with Crippen LogP contribution in [0.1, 0.15) is 6.92 Å². The number of hydrogen-bond acceptors (Lipinski definition) is 2. The highest BCUT2D eigenvalue weighted by atomic mass is 14.7. The van der Waals surface area contributed by atoms with E-state index in [1.807, 2.05) is 0 Å². The van der Waals surface area contributed by atoms with E-state index in [0.717, 1.165) is 5.71 Å². The summed E-state index contributed by atoms with van der Waals surface area (Å²) in [6.07, 6.45) is 1.47. The van der Waals surface area contributed by atoms with E-state index in [9.17, 15) is 0 Å². The molecule has 2 nitrogen and oxygen atoms in total. The molecule has 0 bridgehead atoms. The minimum absolute atomic E-state index is 0.396. The lowest BCUT2D eigenvalue weighted by atomic mass is 10.2. The van der Waals surface area contributed by atoms with Crippen molar-refractivity contribution in [2.24, 2.45) is 4.99 Å². The second kappa shape index (κ2) is 3.13. The standard InChI is InChI=1S/C6H10N2/c1-4-6(7)5(2)8-3/h4,7H,1H2,2-3H3. The number of nitrogens with one attached hydrogen (secondary N) is 1. The second-order valence-corrected chi connectivity index (χ2v) is 1.43. The molecule has 0 saturated carbocycles. The van der Waals surface area contributed by atoms with Gasteiger partial charge in [0.1, 0.15) is 0 Å². The van der Waals surface area contributed by atoms with Gasteiger partial charge in [-0.2, -0.15) is 0 Å². The number of aliphatic imine (C=N–C) groups is 1. The first kappa shape index (κ1) is 7.08. The molecule has 0 unspecified atom stereocenters. The van der Waals surface area contributed by atoms with Gasteiger partial charge in [-0.1, -0.05) is 6.58 Å². The van der Waals surface area contributed by atoms with E-state index in [2.05, 4.69) is 11.6 Å². The zero-order valence-electron chi connectivity index (χ0n) is 5.23. The monoisotopic (exact) mass is 110 g/mol. The van der Waals surface area contributed by atoms with Crippen LogP contribution in [0.15, 0.2) is 17.6 Å². The van der Waals surface area contributed by atoms with Crippen molar-refractivity contribution in [3.8, 4) is 0 Å². The van der Waals surface area contributed by atoms with Crippen LogP contribution in [-0.2, 0) is 0 Å². The van der Waals surface area contributed by atoms with Crippen molar-refractivity contribution >= 4 is 11.4 Å². The Morgan fingerprint density at radius 3 is 2.38 bits per heavy atom. The van der Waals surface area contributed by atoms with Crippen molar-refractivity contribution in [2.45, 2.75) is 6.92 Å². The summed E-state index contributed by atoms with van der Waals surface area (Å²) in [6.45, 7) is 5.21. The summed E-state index contributed by atoms with van der Waals surface area (Å²) in [7, 11) is 1.66. The van der Waals surface area contributed by atoms with E-state index in [-0.39, 0.29) is 0 Å². The zero-order valence-corrected chi connectivity index (χ0v) is 5.23. The molecular formula is C6H10N2. The molecule has 0 radical (unpaired) electrons. The third-order valence-electron chi connectivity index (χ3n) is 0.929. The third-order valence-corrected chi connectivity index (χ3v) is 0.929. The Hall–Kier alpha value is -0.920. The molecule has 0 aromatic rings. The predicted molar refractivity (Wildman–Crippen MR) is 37.0 cm³/mol. The van der Waals surface area contributed by atoms with Gasteiger partial charge in [0.05, 0.1) is 11.4 Å². The van der Waals surface area contributed by atoms with Crippen LogP contribution in [0.5, 0.6) is 0 Å². The Bertz CT molecular complexity index is 133. The van der Waals surface area contributed by atoms with E-state index in [1.165, 1.54) is 6.08 Å². The van der Waals surface area contributed by atoms with E-state index in [0.29, 0.717) is 5.71 Å². The molecular weight excluding hydrogens is 100 g/mol. The van der Waals surface area contributed by atoms with Crippen LogP contribution in [0.3, 0.4) is 0 Å². The summed E-state index contributed by atoms with van der Waals surface area (Å²) in [4.78, 5) is 3.78. The molecule has 0 atom stereocenters. The Kier molecular flexibility index (Phi) is 2.77. The van der Waals surface area contributed by atoms with Crippen molar-refractivity contribution in [2.75, 3.05) is 7.05 Å². The van der Waals surface area contributed by atoms with Crippen LogP contribution < -0.4 is 0 Å². The molecule has 0 aromatic carbocycles. The molecule has 0 amide bonds. The Morgan fingerprint density at radius 1 is 1.75 bits per heavy atom. The van der Waals surface area contributed by atoms with Crippen molar-refractivity contribution in [3.05, 3.63) is 12.7 Å². The second-order valence-electron chi connectivity index (χ2n) is 1.43. The highest BCUT2D eigenvalue weighted by Crippen LogP contribution is 1.79. The van der Waals surface area contributed by atoms with Crippen LogP contribution in [0, 0.1) is 5.41 Å².